The van der Waals surface area contributed by atoms with Crippen molar-refractivity contribution in [1.29, 1.82) is 0 Å². The molecular weight excluding hydrogens is 380 g/mol. The van der Waals surface area contributed by atoms with Gasteiger partial charge < -0.3 is 14.8 Å². The Balaban J connectivity index is 1.87. The van der Waals surface area contributed by atoms with Gasteiger partial charge in [0.2, 0.25) is 0 Å². The summed E-state index contributed by atoms with van der Waals surface area (Å²) in [6.07, 6.45) is 0. The SMILES string of the molecule is Cn1c(=O)c2c(C(=O)Nc3ccc4c(c3)OCCO4)cc(=O)n(C)c2n(C)c1=O. The molecule has 0 saturated heterocycles. The minimum Gasteiger partial charge on any atom is -0.486 e. The molecule has 29 heavy (non-hydrogen) atoms. The Morgan fingerprint density at radius 2 is 1.62 bits per heavy atom. The van der Waals surface area contributed by atoms with Gasteiger partial charge in [-0.1, -0.05) is 0 Å². The summed E-state index contributed by atoms with van der Waals surface area (Å²) in [5.41, 5.74) is -1.41. The number of carbonyl (C=O) groups excluding carboxylic acids is 1. The minimum absolute atomic E-state index is 0.0215. The summed E-state index contributed by atoms with van der Waals surface area (Å²) in [5.74, 6) is 0.401. The molecule has 0 saturated carbocycles. The highest BCUT2D eigenvalue weighted by Gasteiger charge is 2.21. The van der Waals surface area contributed by atoms with Crippen LogP contribution in [0.25, 0.3) is 11.0 Å². The number of amides is 1. The van der Waals surface area contributed by atoms with E-state index in [2.05, 4.69) is 5.32 Å². The summed E-state index contributed by atoms with van der Waals surface area (Å²) in [5, 5.41) is 2.65. The second-order valence-corrected chi connectivity index (χ2v) is 6.67. The molecule has 3 aromatic rings. The van der Waals surface area contributed by atoms with Crippen molar-refractivity contribution in [2.45, 2.75) is 0 Å². The third-order valence-corrected chi connectivity index (χ3v) is 4.86. The van der Waals surface area contributed by atoms with Crippen LogP contribution in [0.3, 0.4) is 0 Å². The molecule has 0 bridgehead atoms. The highest BCUT2D eigenvalue weighted by molar-refractivity contribution is 6.11. The maximum Gasteiger partial charge on any atom is 0.332 e. The minimum atomic E-state index is -0.661. The van der Waals surface area contributed by atoms with Crippen molar-refractivity contribution in [2.75, 3.05) is 18.5 Å². The van der Waals surface area contributed by atoms with Crippen LogP contribution in [-0.4, -0.2) is 32.8 Å². The lowest BCUT2D eigenvalue weighted by molar-refractivity contribution is 0.102. The maximum absolute atomic E-state index is 13.0. The van der Waals surface area contributed by atoms with E-state index in [4.69, 9.17) is 9.47 Å². The van der Waals surface area contributed by atoms with Gasteiger partial charge in [0.1, 0.15) is 18.9 Å². The molecule has 1 aliphatic heterocycles. The largest absolute Gasteiger partial charge is 0.486 e. The zero-order chi connectivity index (χ0) is 20.9. The van der Waals surface area contributed by atoms with Crippen LogP contribution in [0.1, 0.15) is 10.4 Å². The predicted octanol–water partition coefficient (Wildman–Crippen LogP) is -0.0406. The number of carbonyl (C=O) groups is 1. The Bertz CT molecular complexity index is 1350. The first-order valence-corrected chi connectivity index (χ1v) is 8.80. The standard InChI is InChI=1S/C19H18N4O6/c1-21-14(24)9-11(15-17(21)22(2)19(27)23(3)18(15)26)16(25)20-10-4-5-12-13(8-10)29-7-6-28-12/h4-5,8-9H,6-7H2,1-3H3,(H,20,25). The van der Waals surface area contributed by atoms with Crippen LogP contribution >= 0.6 is 0 Å². The summed E-state index contributed by atoms with van der Waals surface area (Å²) in [7, 11) is 4.19. The van der Waals surface area contributed by atoms with Gasteiger partial charge in [0.05, 0.1) is 10.9 Å². The summed E-state index contributed by atoms with van der Waals surface area (Å²) in [6, 6.07) is 5.97. The quantitative estimate of drug-likeness (QED) is 0.648. The molecule has 1 aliphatic rings. The fraction of sp³-hybridized carbons (Fsp3) is 0.263. The monoisotopic (exact) mass is 398 g/mol. The molecule has 10 nitrogen and oxygen atoms in total. The number of hydrogen-bond acceptors (Lipinski definition) is 6. The average Bonchev–Trinajstić information content (AvgIpc) is 2.72. The zero-order valence-electron chi connectivity index (χ0n) is 16.0. The van der Waals surface area contributed by atoms with Gasteiger partial charge in [0.15, 0.2) is 11.5 Å². The third-order valence-electron chi connectivity index (χ3n) is 4.86. The van der Waals surface area contributed by atoms with Crippen LogP contribution in [0.2, 0.25) is 0 Å². The lowest BCUT2D eigenvalue weighted by Crippen LogP contribution is -2.40. The molecule has 150 valence electrons. The predicted molar refractivity (Wildman–Crippen MR) is 105 cm³/mol. The van der Waals surface area contributed by atoms with Crippen LogP contribution < -0.4 is 31.6 Å². The first kappa shape index (κ1) is 18.5. The van der Waals surface area contributed by atoms with Crippen molar-refractivity contribution in [3.8, 4) is 11.5 Å². The maximum atomic E-state index is 13.0. The van der Waals surface area contributed by atoms with Gasteiger partial charge in [0.25, 0.3) is 17.0 Å². The molecule has 0 spiro atoms. The van der Waals surface area contributed by atoms with Crippen LogP contribution in [0, 0.1) is 0 Å². The average molecular weight is 398 g/mol. The van der Waals surface area contributed by atoms with E-state index in [0.29, 0.717) is 30.4 Å². The normalized spacial score (nSPS) is 12.8. The van der Waals surface area contributed by atoms with E-state index in [0.717, 1.165) is 10.6 Å². The lowest BCUT2D eigenvalue weighted by Gasteiger charge is -2.19. The number of anilines is 1. The van der Waals surface area contributed by atoms with Gasteiger partial charge in [-0.15, -0.1) is 0 Å². The molecule has 0 aliphatic carbocycles. The first-order valence-electron chi connectivity index (χ1n) is 8.80. The van der Waals surface area contributed by atoms with E-state index in [1.54, 1.807) is 18.2 Å². The summed E-state index contributed by atoms with van der Waals surface area (Å²) in [6.45, 7) is 0.841. The van der Waals surface area contributed by atoms with E-state index in [1.807, 2.05) is 0 Å². The summed E-state index contributed by atoms with van der Waals surface area (Å²) < 4.78 is 14.2. The highest BCUT2D eigenvalue weighted by Crippen LogP contribution is 2.32. The Labute approximate surface area is 163 Å². The first-order chi connectivity index (χ1) is 13.8. The molecule has 0 atom stereocenters. The number of fused-ring (bicyclic) bond motifs is 2. The lowest BCUT2D eigenvalue weighted by atomic mass is 10.1. The Hall–Kier alpha value is -3.82. The van der Waals surface area contributed by atoms with Crippen LogP contribution in [0.4, 0.5) is 5.69 Å². The number of ether oxygens (including phenoxy) is 2. The second-order valence-electron chi connectivity index (χ2n) is 6.67. The van der Waals surface area contributed by atoms with Crippen LogP contribution in [0.5, 0.6) is 11.5 Å². The van der Waals surface area contributed by atoms with Gasteiger partial charge in [0, 0.05) is 39.0 Å². The van der Waals surface area contributed by atoms with Gasteiger partial charge in [-0.3, -0.25) is 28.1 Å². The molecule has 4 rings (SSSR count). The van der Waals surface area contributed by atoms with Crippen molar-refractivity contribution < 1.29 is 14.3 Å². The molecular formula is C19H18N4O6. The smallest absolute Gasteiger partial charge is 0.332 e. The van der Waals surface area contributed by atoms with Crippen molar-refractivity contribution in [3.63, 3.8) is 0 Å². The second kappa shape index (κ2) is 6.66. The van der Waals surface area contributed by atoms with Gasteiger partial charge in [-0.25, -0.2) is 4.79 Å². The van der Waals surface area contributed by atoms with E-state index in [-0.39, 0.29) is 16.6 Å². The van der Waals surface area contributed by atoms with Crippen LogP contribution in [0.15, 0.2) is 38.6 Å². The molecule has 1 amide bonds. The van der Waals surface area contributed by atoms with Crippen molar-refractivity contribution in [3.05, 3.63) is 61.0 Å². The fourth-order valence-electron chi connectivity index (χ4n) is 3.36. The molecule has 10 heteroatoms. The van der Waals surface area contributed by atoms with E-state index in [9.17, 15) is 19.2 Å². The summed E-state index contributed by atoms with van der Waals surface area (Å²) >= 11 is 0. The van der Waals surface area contributed by atoms with Crippen molar-refractivity contribution in [2.24, 2.45) is 21.1 Å². The molecule has 1 N–H and O–H groups in total. The topological polar surface area (TPSA) is 114 Å². The van der Waals surface area contributed by atoms with Gasteiger partial charge in [-0.2, -0.15) is 0 Å². The number of nitrogens with one attached hydrogen (secondary N) is 1. The van der Waals surface area contributed by atoms with E-state index in [1.165, 1.54) is 30.3 Å². The number of benzene rings is 1. The number of aromatic nitrogens is 3. The number of rotatable bonds is 2. The molecule has 0 radical (unpaired) electrons. The van der Waals surface area contributed by atoms with Crippen molar-refractivity contribution >= 4 is 22.6 Å². The molecule has 2 aromatic heterocycles. The third kappa shape index (κ3) is 2.89. The number of nitrogens with zero attached hydrogens (tertiary/aromatic N) is 3. The van der Waals surface area contributed by atoms with Gasteiger partial charge in [-0.05, 0) is 12.1 Å². The number of aryl methyl sites for hydroxylation is 2. The van der Waals surface area contributed by atoms with E-state index < -0.39 is 22.7 Å². The molecule has 0 unspecified atom stereocenters. The Kier molecular flexibility index (Phi) is 4.26. The number of hydrogen-bond donors (Lipinski definition) is 1. The zero-order valence-corrected chi connectivity index (χ0v) is 16.0. The van der Waals surface area contributed by atoms with Crippen molar-refractivity contribution in [1.82, 2.24) is 13.7 Å². The Morgan fingerprint density at radius 1 is 0.931 bits per heavy atom. The summed E-state index contributed by atoms with van der Waals surface area (Å²) in [4.78, 5) is 50.3. The fourth-order valence-corrected chi connectivity index (χ4v) is 3.36. The van der Waals surface area contributed by atoms with Gasteiger partial charge >= 0.3 is 5.69 Å². The van der Waals surface area contributed by atoms with E-state index >= 15 is 0 Å². The molecule has 1 aromatic carbocycles. The highest BCUT2D eigenvalue weighted by atomic mass is 16.6. The Morgan fingerprint density at radius 3 is 2.34 bits per heavy atom. The molecule has 3 heterocycles. The number of pyridine rings is 1. The molecule has 0 fully saturated rings. The van der Waals surface area contributed by atoms with Crippen LogP contribution in [-0.2, 0) is 21.1 Å².